The summed E-state index contributed by atoms with van der Waals surface area (Å²) in [6.45, 7) is 4.20. The second-order valence-corrected chi connectivity index (χ2v) is 8.77. The minimum Gasteiger partial charge on any atom is -0.313 e. The molecule has 0 spiro atoms. The molecular formula is C21H21OP. The molecule has 0 aromatic heterocycles. The number of rotatable bonds is 4. The number of hydrogen-bond acceptors (Lipinski definition) is 1. The van der Waals surface area contributed by atoms with Crippen LogP contribution >= 0.6 is 7.14 Å². The predicted molar refractivity (Wildman–Crippen MR) is 99.4 cm³/mol. The molecule has 3 aromatic rings. The summed E-state index contributed by atoms with van der Waals surface area (Å²) in [7, 11) is -2.70. The van der Waals surface area contributed by atoms with E-state index in [1.54, 1.807) is 0 Å². The maximum Gasteiger partial charge on any atom is 0.147 e. The van der Waals surface area contributed by atoms with Gasteiger partial charge in [0.15, 0.2) is 0 Å². The van der Waals surface area contributed by atoms with Crippen LogP contribution in [0.3, 0.4) is 0 Å². The molecule has 0 saturated carbocycles. The van der Waals surface area contributed by atoms with E-state index in [-0.39, 0.29) is 0 Å². The molecule has 2 heteroatoms. The highest BCUT2D eigenvalue weighted by atomic mass is 31.2. The monoisotopic (exact) mass is 320 g/mol. The Balaban J connectivity index is 2.16. The fourth-order valence-electron chi connectivity index (χ4n) is 2.99. The first-order valence-electron chi connectivity index (χ1n) is 7.86. The Morgan fingerprint density at radius 3 is 1.52 bits per heavy atom. The van der Waals surface area contributed by atoms with Crippen LogP contribution in [0.25, 0.3) is 0 Å². The van der Waals surface area contributed by atoms with Crippen molar-refractivity contribution in [2.75, 3.05) is 0 Å². The third-order valence-corrected chi connectivity index (χ3v) is 7.40. The van der Waals surface area contributed by atoms with E-state index >= 15 is 0 Å². The Kier molecular flexibility index (Phi) is 4.50. The zero-order valence-electron chi connectivity index (χ0n) is 13.6. The van der Waals surface area contributed by atoms with E-state index in [9.17, 15) is 4.57 Å². The molecular weight excluding hydrogens is 299 g/mol. The van der Waals surface area contributed by atoms with E-state index in [1.165, 1.54) is 16.7 Å². The van der Waals surface area contributed by atoms with E-state index in [0.29, 0.717) is 6.16 Å². The van der Waals surface area contributed by atoms with Crippen LogP contribution in [0.1, 0.15) is 16.7 Å². The molecule has 0 aliphatic carbocycles. The van der Waals surface area contributed by atoms with Gasteiger partial charge in [0.05, 0.1) is 0 Å². The first-order valence-corrected chi connectivity index (χ1v) is 9.76. The number of hydrogen-bond donors (Lipinski definition) is 0. The van der Waals surface area contributed by atoms with Crippen molar-refractivity contribution in [3.63, 3.8) is 0 Å². The second-order valence-electron chi connectivity index (χ2n) is 5.94. The molecule has 0 aliphatic heterocycles. The summed E-state index contributed by atoms with van der Waals surface area (Å²) < 4.78 is 14.1. The molecule has 3 aromatic carbocycles. The van der Waals surface area contributed by atoms with E-state index in [0.717, 1.165) is 10.6 Å². The van der Waals surface area contributed by atoms with Crippen molar-refractivity contribution in [2.45, 2.75) is 20.0 Å². The molecule has 0 N–H and O–H groups in total. The zero-order chi connectivity index (χ0) is 16.3. The van der Waals surface area contributed by atoms with E-state index in [1.807, 2.05) is 60.7 Å². The molecule has 0 unspecified atom stereocenters. The van der Waals surface area contributed by atoms with E-state index in [4.69, 9.17) is 0 Å². The largest absolute Gasteiger partial charge is 0.313 e. The van der Waals surface area contributed by atoms with Crippen molar-refractivity contribution < 1.29 is 4.57 Å². The summed E-state index contributed by atoms with van der Waals surface area (Å²) >= 11 is 0. The van der Waals surface area contributed by atoms with Gasteiger partial charge in [-0.2, -0.15) is 0 Å². The van der Waals surface area contributed by atoms with Crippen molar-refractivity contribution in [3.05, 3.63) is 95.6 Å². The van der Waals surface area contributed by atoms with Crippen LogP contribution < -0.4 is 10.6 Å². The highest BCUT2D eigenvalue weighted by Crippen LogP contribution is 2.47. The lowest BCUT2D eigenvalue weighted by atomic mass is 10.1. The molecule has 1 nitrogen and oxygen atoms in total. The quantitative estimate of drug-likeness (QED) is 0.630. The summed E-state index contributed by atoms with van der Waals surface area (Å²) in [6.07, 6.45) is 0.569. The van der Waals surface area contributed by atoms with Crippen molar-refractivity contribution in [3.8, 4) is 0 Å². The molecule has 0 radical (unpaired) electrons. The second kappa shape index (κ2) is 6.56. The smallest absolute Gasteiger partial charge is 0.147 e. The van der Waals surface area contributed by atoms with Crippen LogP contribution in [-0.2, 0) is 10.7 Å². The summed E-state index contributed by atoms with van der Waals surface area (Å²) in [5, 5.41) is 1.85. The summed E-state index contributed by atoms with van der Waals surface area (Å²) in [5.74, 6) is 0. The van der Waals surface area contributed by atoms with Gasteiger partial charge in [-0.3, -0.25) is 0 Å². The molecule has 3 rings (SSSR count). The minimum atomic E-state index is -2.70. The topological polar surface area (TPSA) is 17.1 Å². The highest BCUT2D eigenvalue weighted by Gasteiger charge is 2.28. The van der Waals surface area contributed by atoms with Gasteiger partial charge in [-0.25, -0.2) is 0 Å². The third kappa shape index (κ3) is 3.16. The standard InChI is InChI=1S/C21H21OP/c1-17-10-9-11-18(2)21(17)16-23(22,19-12-5-3-6-13-19)20-14-7-4-8-15-20/h3-15H,16H2,1-2H3. The van der Waals surface area contributed by atoms with Crippen LogP contribution in [0.2, 0.25) is 0 Å². The summed E-state index contributed by atoms with van der Waals surface area (Å²) in [4.78, 5) is 0. The van der Waals surface area contributed by atoms with Gasteiger partial charge in [0.1, 0.15) is 7.14 Å². The molecule has 0 heterocycles. The maximum absolute atomic E-state index is 14.1. The summed E-state index contributed by atoms with van der Waals surface area (Å²) in [6, 6.07) is 26.0. The first kappa shape index (κ1) is 15.8. The van der Waals surface area contributed by atoms with Gasteiger partial charge in [-0.1, -0.05) is 78.9 Å². The van der Waals surface area contributed by atoms with Crippen molar-refractivity contribution >= 4 is 17.8 Å². The average Bonchev–Trinajstić information content (AvgIpc) is 2.60. The Morgan fingerprint density at radius 2 is 1.09 bits per heavy atom. The van der Waals surface area contributed by atoms with Crippen molar-refractivity contribution in [1.29, 1.82) is 0 Å². The fourth-order valence-corrected chi connectivity index (χ4v) is 5.91. The molecule has 0 amide bonds. The lowest BCUT2D eigenvalue weighted by molar-refractivity contribution is 0.586. The van der Waals surface area contributed by atoms with Gasteiger partial charge in [0.2, 0.25) is 0 Å². The Hall–Kier alpha value is -2.11. The molecule has 0 aliphatic rings. The van der Waals surface area contributed by atoms with Crippen LogP contribution in [0.15, 0.2) is 78.9 Å². The van der Waals surface area contributed by atoms with Gasteiger partial charge >= 0.3 is 0 Å². The van der Waals surface area contributed by atoms with Crippen molar-refractivity contribution in [2.24, 2.45) is 0 Å². The molecule has 0 saturated heterocycles. The zero-order valence-corrected chi connectivity index (χ0v) is 14.5. The normalized spacial score (nSPS) is 11.4. The summed E-state index contributed by atoms with van der Waals surface area (Å²) in [5.41, 5.74) is 3.61. The fraction of sp³-hybridized carbons (Fsp3) is 0.143. The highest BCUT2D eigenvalue weighted by molar-refractivity contribution is 7.78. The van der Waals surface area contributed by atoms with Crippen molar-refractivity contribution in [1.82, 2.24) is 0 Å². The lowest BCUT2D eigenvalue weighted by Crippen LogP contribution is -2.18. The molecule has 0 bridgehead atoms. The number of aryl methyl sites for hydroxylation is 2. The SMILES string of the molecule is Cc1cccc(C)c1CP(=O)(c1ccccc1)c1ccccc1. The average molecular weight is 320 g/mol. The Labute approximate surface area is 138 Å². The Bertz CT molecular complexity index is 774. The van der Waals surface area contributed by atoms with Crippen LogP contribution in [0.4, 0.5) is 0 Å². The molecule has 116 valence electrons. The minimum absolute atomic E-state index is 0.569. The Morgan fingerprint density at radius 1 is 0.652 bits per heavy atom. The maximum atomic E-state index is 14.1. The molecule has 23 heavy (non-hydrogen) atoms. The lowest BCUT2D eigenvalue weighted by Gasteiger charge is -2.21. The van der Waals surface area contributed by atoms with Crippen LogP contribution in [0, 0.1) is 13.8 Å². The van der Waals surface area contributed by atoms with Gasteiger partial charge < -0.3 is 4.57 Å². The molecule has 0 fully saturated rings. The van der Waals surface area contributed by atoms with Crippen LogP contribution in [0.5, 0.6) is 0 Å². The third-order valence-electron chi connectivity index (χ3n) is 4.37. The number of benzene rings is 3. The van der Waals surface area contributed by atoms with E-state index in [2.05, 4.69) is 32.0 Å². The van der Waals surface area contributed by atoms with E-state index < -0.39 is 7.14 Å². The van der Waals surface area contributed by atoms with Gasteiger partial charge in [0, 0.05) is 16.8 Å². The first-order chi connectivity index (χ1) is 11.1. The predicted octanol–water partition coefficient (Wildman–Crippen LogP) is 4.82. The van der Waals surface area contributed by atoms with Crippen LogP contribution in [-0.4, -0.2) is 0 Å². The van der Waals surface area contributed by atoms with Gasteiger partial charge in [-0.15, -0.1) is 0 Å². The van der Waals surface area contributed by atoms with Gasteiger partial charge in [-0.05, 0) is 30.5 Å². The van der Waals surface area contributed by atoms with Gasteiger partial charge in [0.25, 0.3) is 0 Å². The molecule has 0 atom stereocenters.